The Morgan fingerprint density at radius 3 is 2.68 bits per heavy atom. The molecule has 2 bridgehead atoms. The van der Waals surface area contributed by atoms with Crippen LogP contribution in [0.2, 0.25) is 0 Å². The van der Waals surface area contributed by atoms with Crippen molar-refractivity contribution in [1.29, 1.82) is 5.26 Å². The van der Waals surface area contributed by atoms with Gasteiger partial charge in [0.25, 0.3) is 0 Å². The van der Waals surface area contributed by atoms with Crippen molar-refractivity contribution in [1.82, 2.24) is 35.1 Å². The summed E-state index contributed by atoms with van der Waals surface area (Å²) < 4.78 is 22.3. The minimum Gasteiger partial charge on any atom is -0.482 e. The van der Waals surface area contributed by atoms with Crippen molar-refractivity contribution in [2.24, 2.45) is 0 Å². The summed E-state index contributed by atoms with van der Waals surface area (Å²) in [7, 11) is 0. The Balaban J connectivity index is 1.30. The molecule has 1 aromatic carbocycles. The molecule has 3 aromatic heterocycles. The second-order valence-electron chi connectivity index (χ2n) is 9.64. The number of aromatic nitrogens is 6. The average molecular weight is 500 g/mol. The molecule has 6 rings (SSSR count). The highest BCUT2D eigenvalue weighted by atomic mass is 19.1. The number of pyridine rings is 1. The van der Waals surface area contributed by atoms with Gasteiger partial charge in [-0.15, -0.1) is 0 Å². The highest BCUT2D eigenvalue weighted by molar-refractivity contribution is 5.70. The Morgan fingerprint density at radius 2 is 1.95 bits per heavy atom. The van der Waals surface area contributed by atoms with E-state index in [-0.39, 0.29) is 11.9 Å². The van der Waals surface area contributed by atoms with Gasteiger partial charge in [-0.3, -0.25) is 4.68 Å². The minimum atomic E-state index is -0.598. The number of rotatable bonds is 6. The van der Waals surface area contributed by atoms with E-state index in [1.807, 2.05) is 10.9 Å². The molecule has 11 heteroatoms. The number of hydrogen-bond donors (Lipinski definition) is 2. The predicted molar refractivity (Wildman–Crippen MR) is 133 cm³/mol. The zero-order valence-corrected chi connectivity index (χ0v) is 20.3. The van der Waals surface area contributed by atoms with Crippen LogP contribution in [-0.4, -0.2) is 41.8 Å². The van der Waals surface area contributed by atoms with Crippen LogP contribution in [0.15, 0.2) is 49.1 Å². The van der Waals surface area contributed by atoms with Gasteiger partial charge < -0.3 is 15.8 Å². The lowest BCUT2D eigenvalue weighted by Gasteiger charge is -2.29. The first kappa shape index (κ1) is 23.1. The van der Waals surface area contributed by atoms with Crippen LogP contribution in [0.5, 0.6) is 5.75 Å². The monoisotopic (exact) mass is 499 g/mol. The van der Waals surface area contributed by atoms with Crippen molar-refractivity contribution in [3.63, 3.8) is 0 Å². The van der Waals surface area contributed by atoms with Crippen LogP contribution in [0.25, 0.3) is 16.8 Å². The van der Waals surface area contributed by atoms with Crippen LogP contribution in [-0.2, 0) is 0 Å². The van der Waals surface area contributed by atoms with E-state index in [0.717, 1.165) is 12.8 Å². The Labute approximate surface area is 212 Å². The van der Waals surface area contributed by atoms with E-state index >= 15 is 0 Å². The molecule has 3 N–H and O–H groups in total. The van der Waals surface area contributed by atoms with Gasteiger partial charge in [-0.1, -0.05) is 0 Å². The number of fused-ring (bicyclic) bond motifs is 2. The summed E-state index contributed by atoms with van der Waals surface area (Å²) in [6.45, 7) is 1.79. The number of benzene rings is 1. The summed E-state index contributed by atoms with van der Waals surface area (Å²) >= 11 is 0. The van der Waals surface area contributed by atoms with Gasteiger partial charge in [0.05, 0.1) is 24.1 Å². The molecule has 37 heavy (non-hydrogen) atoms. The van der Waals surface area contributed by atoms with E-state index in [9.17, 15) is 9.65 Å². The van der Waals surface area contributed by atoms with E-state index in [1.54, 1.807) is 37.6 Å². The average Bonchev–Trinajstić information content (AvgIpc) is 3.65. The summed E-state index contributed by atoms with van der Waals surface area (Å²) in [6, 6.07) is 9.56. The molecule has 1 unspecified atom stereocenters. The fourth-order valence-corrected chi connectivity index (χ4v) is 5.44. The maximum absolute atomic E-state index is 14.2. The summed E-state index contributed by atoms with van der Waals surface area (Å²) in [5, 5.41) is 26.4. The molecule has 2 saturated heterocycles. The van der Waals surface area contributed by atoms with Gasteiger partial charge in [0.1, 0.15) is 18.0 Å². The Bertz CT molecular complexity index is 1460. The number of nitriles is 1. The smallest absolute Gasteiger partial charge is 0.170 e. The van der Waals surface area contributed by atoms with Gasteiger partial charge in [-0.2, -0.15) is 25.4 Å². The van der Waals surface area contributed by atoms with Gasteiger partial charge in [0.15, 0.2) is 17.3 Å². The second kappa shape index (κ2) is 9.29. The molecular formula is C26H26FN9O. The van der Waals surface area contributed by atoms with Gasteiger partial charge in [0.2, 0.25) is 0 Å². The highest BCUT2D eigenvalue weighted by Crippen LogP contribution is 2.37. The van der Waals surface area contributed by atoms with E-state index in [0.29, 0.717) is 45.9 Å². The summed E-state index contributed by atoms with van der Waals surface area (Å²) in [6.07, 6.45) is 10.4. The number of halogens is 1. The van der Waals surface area contributed by atoms with Gasteiger partial charge in [-0.25, -0.2) is 9.37 Å². The quantitative estimate of drug-likeness (QED) is 0.410. The maximum Gasteiger partial charge on any atom is 0.170 e. The molecule has 188 valence electrons. The summed E-state index contributed by atoms with van der Waals surface area (Å²) in [4.78, 5) is 5.73. The van der Waals surface area contributed by atoms with Gasteiger partial charge >= 0.3 is 0 Å². The molecule has 2 aliphatic heterocycles. The predicted octanol–water partition coefficient (Wildman–Crippen LogP) is 3.71. The third kappa shape index (κ3) is 4.40. The standard InChI is InChI=1S/C26H26FN9O/c1-15(21-9-17(27)2-5-24(21)36-31-6-7-32-36)37-25-8-16(13-30-26(25)29)22-14-35(34-23(22)12-28)20-10-18-3-4-19(11-20)33-18/h2,5-9,13-15,18-20,33H,3-4,10-11H2,1H3,(H2,29,30)/t15-,18-,19+,20?/m1/s1. The first-order valence-electron chi connectivity index (χ1n) is 12.3. The lowest BCUT2D eigenvalue weighted by atomic mass is 10.00. The number of nitrogen functional groups attached to an aromatic ring is 1. The third-order valence-corrected chi connectivity index (χ3v) is 7.22. The highest BCUT2D eigenvalue weighted by Gasteiger charge is 2.35. The minimum absolute atomic E-state index is 0.187. The fraction of sp³-hybridized carbons (Fsp3) is 0.346. The number of nitrogens with one attached hydrogen (secondary N) is 1. The van der Waals surface area contributed by atoms with Crippen molar-refractivity contribution in [3.8, 4) is 28.6 Å². The number of nitrogens with two attached hydrogens (primary N) is 1. The first-order chi connectivity index (χ1) is 18.0. The van der Waals surface area contributed by atoms with E-state index in [4.69, 9.17) is 10.5 Å². The molecule has 4 aromatic rings. The molecule has 0 amide bonds. The van der Waals surface area contributed by atoms with Crippen LogP contribution in [0, 0.1) is 17.1 Å². The van der Waals surface area contributed by atoms with Crippen LogP contribution < -0.4 is 15.8 Å². The van der Waals surface area contributed by atoms with Gasteiger partial charge in [-0.05, 0) is 56.9 Å². The van der Waals surface area contributed by atoms with E-state index in [1.165, 1.54) is 29.8 Å². The van der Waals surface area contributed by atoms with Crippen LogP contribution in [0.1, 0.15) is 56.0 Å². The molecule has 10 nitrogen and oxygen atoms in total. The second-order valence-corrected chi connectivity index (χ2v) is 9.64. The largest absolute Gasteiger partial charge is 0.482 e. The van der Waals surface area contributed by atoms with Crippen molar-refractivity contribution < 1.29 is 9.13 Å². The first-order valence-corrected chi connectivity index (χ1v) is 12.3. The molecule has 4 atom stereocenters. The number of nitrogens with zero attached hydrogens (tertiary/aromatic N) is 7. The van der Waals surface area contributed by atoms with E-state index in [2.05, 4.69) is 31.7 Å². The van der Waals surface area contributed by atoms with E-state index < -0.39 is 11.9 Å². The lowest BCUT2D eigenvalue weighted by Crippen LogP contribution is -2.39. The van der Waals surface area contributed by atoms with Crippen molar-refractivity contribution in [2.75, 3.05) is 5.73 Å². The molecular weight excluding hydrogens is 473 g/mol. The van der Waals surface area contributed by atoms with Crippen LogP contribution >= 0.6 is 0 Å². The van der Waals surface area contributed by atoms with Crippen LogP contribution in [0.4, 0.5) is 10.2 Å². The topological polar surface area (TPSA) is 132 Å². The van der Waals surface area contributed by atoms with Gasteiger partial charge in [0, 0.05) is 41.2 Å². The number of hydrogen-bond acceptors (Lipinski definition) is 8. The maximum atomic E-state index is 14.2. The molecule has 2 fully saturated rings. The van der Waals surface area contributed by atoms with Crippen molar-refractivity contribution >= 4 is 5.82 Å². The number of piperidine rings is 1. The SMILES string of the molecule is C[C@@H](Oc1cc(-c2cn(C3C[C@H]4CC[C@@H](C3)N4)nc2C#N)cnc1N)c1cc(F)ccc1-n1nccn1. The van der Waals surface area contributed by atoms with Crippen molar-refractivity contribution in [2.45, 2.75) is 56.8 Å². The Morgan fingerprint density at radius 1 is 1.19 bits per heavy atom. The molecule has 0 saturated carbocycles. The normalized spacial score (nSPS) is 21.5. The van der Waals surface area contributed by atoms with Crippen LogP contribution in [0.3, 0.4) is 0 Å². The van der Waals surface area contributed by atoms with Crippen molar-refractivity contribution in [3.05, 3.63) is 66.1 Å². The fourth-order valence-electron chi connectivity index (χ4n) is 5.44. The number of anilines is 1. The zero-order valence-electron chi connectivity index (χ0n) is 20.3. The zero-order chi connectivity index (χ0) is 25.5. The molecule has 0 radical (unpaired) electrons. The Hall–Kier alpha value is -4.30. The summed E-state index contributed by atoms with van der Waals surface area (Å²) in [5.41, 5.74) is 8.96. The molecule has 5 heterocycles. The third-order valence-electron chi connectivity index (χ3n) is 7.22. The number of ether oxygens (including phenoxy) is 1. The molecule has 0 aliphatic carbocycles. The molecule has 2 aliphatic rings. The summed E-state index contributed by atoms with van der Waals surface area (Å²) in [5.74, 6) is 0.107. The Kier molecular flexibility index (Phi) is 5.81. The lowest BCUT2D eigenvalue weighted by molar-refractivity contribution is 0.226. The molecule has 0 spiro atoms.